The third kappa shape index (κ3) is 3.20. The van der Waals surface area contributed by atoms with Gasteiger partial charge < -0.3 is 14.8 Å². The van der Waals surface area contributed by atoms with Gasteiger partial charge in [0.25, 0.3) is 0 Å². The van der Waals surface area contributed by atoms with Crippen molar-refractivity contribution in [1.82, 2.24) is 5.32 Å². The highest BCUT2D eigenvalue weighted by atomic mass is 16.5. The Morgan fingerprint density at radius 3 is 2.40 bits per heavy atom. The first-order chi connectivity index (χ1) is 7.12. The molecule has 15 heavy (non-hydrogen) atoms. The Balaban J connectivity index is 2.26. The second-order valence-electron chi connectivity index (χ2n) is 3.77. The molecule has 0 saturated heterocycles. The summed E-state index contributed by atoms with van der Waals surface area (Å²) in [7, 11) is 2.91. The van der Waals surface area contributed by atoms with Crippen LogP contribution in [0.15, 0.2) is 0 Å². The van der Waals surface area contributed by atoms with Crippen molar-refractivity contribution in [3.05, 3.63) is 0 Å². The van der Waals surface area contributed by atoms with Crippen LogP contribution in [0, 0.1) is 0 Å². The number of rotatable bonds is 5. The molecule has 0 atom stereocenters. The van der Waals surface area contributed by atoms with Gasteiger partial charge in [-0.05, 0) is 19.3 Å². The van der Waals surface area contributed by atoms with Gasteiger partial charge in [0.05, 0.1) is 19.1 Å². The summed E-state index contributed by atoms with van der Waals surface area (Å²) in [4.78, 5) is 22.2. The molecule has 1 saturated carbocycles. The molecule has 0 unspecified atom stereocenters. The highest BCUT2D eigenvalue weighted by molar-refractivity contribution is 5.82. The van der Waals surface area contributed by atoms with E-state index in [0.717, 1.165) is 19.3 Å². The molecule has 0 aromatic heterocycles. The van der Waals surface area contributed by atoms with Crippen LogP contribution in [0.25, 0.3) is 0 Å². The SMILES string of the molecule is COC(=O)CNC(=O)CC1(OC)CCC1. The molecule has 86 valence electrons. The van der Waals surface area contributed by atoms with Crippen molar-refractivity contribution in [2.75, 3.05) is 20.8 Å². The van der Waals surface area contributed by atoms with Crippen LogP contribution in [-0.4, -0.2) is 38.2 Å². The summed E-state index contributed by atoms with van der Waals surface area (Å²) >= 11 is 0. The number of methoxy groups -OCH3 is 2. The van der Waals surface area contributed by atoms with Crippen LogP contribution in [-0.2, 0) is 19.1 Å². The van der Waals surface area contributed by atoms with E-state index in [4.69, 9.17) is 4.74 Å². The minimum absolute atomic E-state index is 0.0743. The Morgan fingerprint density at radius 2 is 2.00 bits per heavy atom. The van der Waals surface area contributed by atoms with Crippen molar-refractivity contribution in [2.45, 2.75) is 31.3 Å². The molecule has 1 aliphatic carbocycles. The van der Waals surface area contributed by atoms with Crippen LogP contribution in [0.2, 0.25) is 0 Å². The van der Waals surface area contributed by atoms with Crippen LogP contribution < -0.4 is 5.32 Å². The van der Waals surface area contributed by atoms with E-state index in [-0.39, 0.29) is 18.1 Å². The summed E-state index contributed by atoms with van der Waals surface area (Å²) in [6.45, 7) is -0.0743. The smallest absolute Gasteiger partial charge is 0.325 e. The maximum Gasteiger partial charge on any atom is 0.325 e. The van der Waals surface area contributed by atoms with Gasteiger partial charge in [-0.3, -0.25) is 9.59 Å². The lowest BCUT2D eigenvalue weighted by molar-refractivity contribution is -0.143. The van der Waals surface area contributed by atoms with Crippen LogP contribution >= 0.6 is 0 Å². The van der Waals surface area contributed by atoms with Crippen molar-refractivity contribution in [3.8, 4) is 0 Å². The van der Waals surface area contributed by atoms with Crippen molar-refractivity contribution in [2.24, 2.45) is 0 Å². The molecule has 1 amide bonds. The van der Waals surface area contributed by atoms with Gasteiger partial charge in [0.2, 0.25) is 5.91 Å². The average Bonchev–Trinajstić information content (AvgIpc) is 2.20. The molecule has 1 rings (SSSR count). The Kier molecular flexibility index (Phi) is 4.08. The summed E-state index contributed by atoms with van der Waals surface area (Å²) < 4.78 is 9.71. The molecule has 0 aromatic rings. The van der Waals surface area contributed by atoms with Crippen molar-refractivity contribution < 1.29 is 19.1 Å². The minimum atomic E-state index is -0.441. The highest BCUT2D eigenvalue weighted by Gasteiger charge is 2.38. The van der Waals surface area contributed by atoms with E-state index in [1.807, 2.05) is 0 Å². The maximum atomic E-state index is 11.4. The molecule has 5 heteroatoms. The van der Waals surface area contributed by atoms with Gasteiger partial charge in [0, 0.05) is 7.11 Å². The molecular formula is C10H17NO4. The molecule has 5 nitrogen and oxygen atoms in total. The molecule has 0 spiro atoms. The number of ether oxygens (including phenoxy) is 2. The zero-order valence-electron chi connectivity index (χ0n) is 9.17. The first-order valence-electron chi connectivity index (χ1n) is 5.00. The van der Waals surface area contributed by atoms with Crippen LogP contribution in [0.3, 0.4) is 0 Å². The van der Waals surface area contributed by atoms with Gasteiger partial charge in [-0.1, -0.05) is 0 Å². The average molecular weight is 215 g/mol. The Labute approximate surface area is 89.1 Å². The quantitative estimate of drug-likeness (QED) is 0.667. The maximum absolute atomic E-state index is 11.4. The zero-order valence-corrected chi connectivity index (χ0v) is 9.17. The fourth-order valence-electron chi connectivity index (χ4n) is 1.62. The van der Waals surface area contributed by atoms with Crippen molar-refractivity contribution >= 4 is 11.9 Å². The molecule has 0 bridgehead atoms. The Hall–Kier alpha value is -1.10. The second kappa shape index (κ2) is 5.11. The lowest BCUT2D eigenvalue weighted by atomic mass is 9.77. The first kappa shape index (κ1) is 12.0. The highest BCUT2D eigenvalue weighted by Crippen LogP contribution is 2.37. The van der Waals surface area contributed by atoms with E-state index in [1.54, 1.807) is 7.11 Å². The number of carbonyl (C=O) groups excluding carboxylic acids is 2. The zero-order chi connectivity index (χ0) is 11.3. The van der Waals surface area contributed by atoms with E-state index < -0.39 is 5.97 Å². The van der Waals surface area contributed by atoms with E-state index in [0.29, 0.717) is 6.42 Å². The molecule has 0 aromatic carbocycles. The van der Waals surface area contributed by atoms with E-state index in [1.165, 1.54) is 7.11 Å². The number of hydrogen-bond acceptors (Lipinski definition) is 4. The van der Waals surface area contributed by atoms with Crippen LogP contribution in [0.4, 0.5) is 0 Å². The van der Waals surface area contributed by atoms with Gasteiger partial charge >= 0.3 is 5.97 Å². The first-order valence-corrected chi connectivity index (χ1v) is 5.00. The second-order valence-corrected chi connectivity index (χ2v) is 3.77. The predicted octanol–water partition coefficient (Wildman–Crippen LogP) is 0.235. The molecule has 0 radical (unpaired) electrons. The van der Waals surface area contributed by atoms with Gasteiger partial charge in [0.15, 0.2) is 0 Å². The normalized spacial score (nSPS) is 17.7. The topological polar surface area (TPSA) is 64.6 Å². The lowest BCUT2D eigenvalue weighted by Gasteiger charge is -2.39. The number of carbonyl (C=O) groups is 2. The number of amides is 1. The Morgan fingerprint density at radius 1 is 1.33 bits per heavy atom. The third-order valence-corrected chi connectivity index (χ3v) is 2.84. The molecule has 0 heterocycles. The van der Waals surface area contributed by atoms with Gasteiger partial charge in [-0.15, -0.1) is 0 Å². The van der Waals surface area contributed by atoms with Gasteiger partial charge in [-0.25, -0.2) is 0 Å². The third-order valence-electron chi connectivity index (χ3n) is 2.84. The summed E-state index contributed by atoms with van der Waals surface area (Å²) in [5, 5.41) is 2.50. The summed E-state index contributed by atoms with van der Waals surface area (Å²) in [6, 6.07) is 0. The summed E-state index contributed by atoms with van der Waals surface area (Å²) in [5.74, 6) is -0.606. The number of hydrogen-bond donors (Lipinski definition) is 1. The molecule has 1 N–H and O–H groups in total. The van der Waals surface area contributed by atoms with Crippen LogP contribution in [0.5, 0.6) is 0 Å². The summed E-state index contributed by atoms with van der Waals surface area (Å²) in [5.41, 5.74) is -0.291. The largest absolute Gasteiger partial charge is 0.468 e. The van der Waals surface area contributed by atoms with Crippen molar-refractivity contribution in [1.29, 1.82) is 0 Å². The molecule has 1 fully saturated rings. The number of esters is 1. The predicted molar refractivity (Wildman–Crippen MR) is 53.2 cm³/mol. The molecular weight excluding hydrogens is 198 g/mol. The monoisotopic (exact) mass is 215 g/mol. The fourth-order valence-corrected chi connectivity index (χ4v) is 1.62. The minimum Gasteiger partial charge on any atom is -0.468 e. The van der Waals surface area contributed by atoms with E-state index in [9.17, 15) is 9.59 Å². The molecule has 1 aliphatic rings. The van der Waals surface area contributed by atoms with E-state index >= 15 is 0 Å². The van der Waals surface area contributed by atoms with Crippen molar-refractivity contribution in [3.63, 3.8) is 0 Å². The molecule has 0 aliphatic heterocycles. The Bertz CT molecular complexity index is 242. The summed E-state index contributed by atoms with van der Waals surface area (Å²) in [6.07, 6.45) is 3.24. The lowest BCUT2D eigenvalue weighted by Crippen LogP contribution is -2.44. The van der Waals surface area contributed by atoms with Crippen LogP contribution in [0.1, 0.15) is 25.7 Å². The fraction of sp³-hybridized carbons (Fsp3) is 0.800. The van der Waals surface area contributed by atoms with Gasteiger partial charge in [-0.2, -0.15) is 0 Å². The van der Waals surface area contributed by atoms with E-state index in [2.05, 4.69) is 10.1 Å². The number of nitrogens with one attached hydrogen (secondary N) is 1. The standard InChI is InChI=1S/C10H17NO4/c1-14-9(13)7-11-8(12)6-10(15-2)4-3-5-10/h3-7H2,1-2H3,(H,11,12). The van der Waals surface area contributed by atoms with Gasteiger partial charge in [0.1, 0.15) is 6.54 Å².